The number of rotatable bonds is 10. The molecule has 136 valence electrons. The predicted octanol–water partition coefficient (Wildman–Crippen LogP) is 2.91. The number of nitrogens with one attached hydrogen (secondary N) is 1. The highest BCUT2D eigenvalue weighted by molar-refractivity contribution is 5.80. The number of likely N-dealkylation sites (tertiary alicyclic amines) is 1. The fourth-order valence-corrected chi connectivity index (χ4v) is 2.80. The Hall–Kier alpha value is -0.810. The van der Waals surface area contributed by atoms with Crippen molar-refractivity contribution >= 4 is 5.96 Å². The highest BCUT2D eigenvalue weighted by Gasteiger charge is 2.21. The van der Waals surface area contributed by atoms with Gasteiger partial charge in [0.05, 0.1) is 6.10 Å². The molecule has 1 aliphatic rings. The van der Waals surface area contributed by atoms with Gasteiger partial charge in [-0.2, -0.15) is 0 Å². The summed E-state index contributed by atoms with van der Waals surface area (Å²) in [5.41, 5.74) is 0. The highest BCUT2D eigenvalue weighted by Crippen LogP contribution is 2.14. The van der Waals surface area contributed by atoms with Gasteiger partial charge in [0.1, 0.15) is 0 Å². The van der Waals surface area contributed by atoms with Crippen molar-refractivity contribution in [3.8, 4) is 0 Å². The summed E-state index contributed by atoms with van der Waals surface area (Å²) in [6, 6.07) is 0. The molecule has 0 atom stereocenters. The number of hydrogen-bond donors (Lipinski definition) is 1. The van der Waals surface area contributed by atoms with Crippen LogP contribution in [0.15, 0.2) is 4.99 Å². The van der Waals surface area contributed by atoms with E-state index in [0.29, 0.717) is 6.10 Å². The lowest BCUT2D eigenvalue weighted by molar-refractivity contribution is 0.00990. The third-order valence-corrected chi connectivity index (χ3v) is 4.12. The van der Waals surface area contributed by atoms with E-state index in [1.807, 2.05) is 0 Å². The molecule has 0 spiro atoms. The van der Waals surface area contributed by atoms with Gasteiger partial charge in [0, 0.05) is 46.5 Å². The Morgan fingerprint density at radius 1 is 1.22 bits per heavy atom. The van der Waals surface area contributed by atoms with Gasteiger partial charge in [0.15, 0.2) is 5.96 Å². The Kier molecular flexibility index (Phi) is 11.1. The van der Waals surface area contributed by atoms with Gasteiger partial charge >= 0.3 is 0 Å². The molecule has 1 fully saturated rings. The van der Waals surface area contributed by atoms with Gasteiger partial charge < -0.3 is 19.7 Å². The second-order valence-electron chi connectivity index (χ2n) is 6.68. The van der Waals surface area contributed by atoms with Crippen molar-refractivity contribution in [2.45, 2.75) is 59.0 Å². The van der Waals surface area contributed by atoms with E-state index in [0.717, 1.165) is 70.5 Å². The molecule has 1 rings (SSSR count). The van der Waals surface area contributed by atoms with Gasteiger partial charge in [-0.1, -0.05) is 13.8 Å². The molecule has 0 amide bonds. The maximum atomic E-state index is 5.93. The number of hydrogen-bond acceptors (Lipinski definition) is 3. The molecule has 0 aromatic carbocycles. The SMILES string of the molecule is CCNC(=NCCCC(C)C)N1CCC(OCCCOC)CC1. The molecule has 23 heavy (non-hydrogen) atoms. The third kappa shape index (κ3) is 9.16. The number of aliphatic imine (C=N–C) groups is 1. The van der Waals surface area contributed by atoms with E-state index < -0.39 is 0 Å². The van der Waals surface area contributed by atoms with E-state index in [-0.39, 0.29) is 0 Å². The maximum Gasteiger partial charge on any atom is 0.193 e. The summed E-state index contributed by atoms with van der Waals surface area (Å²) in [5, 5.41) is 3.43. The minimum Gasteiger partial charge on any atom is -0.385 e. The first-order valence-electron chi connectivity index (χ1n) is 9.31. The monoisotopic (exact) mass is 327 g/mol. The highest BCUT2D eigenvalue weighted by atomic mass is 16.5. The Morgan fingerprint density at radius 3 is 2.57 bits per heavy atom. The number of piperidine rings is 1. The van der Waals surface area contributed by atoms with Crippen LogP contribution in [0.2, 0.25) is 0 Å². The number of nitrogens with zero attached hydrogens (tertiary/aromatic N) is 2. The van der Waals surface area contributed by atoms with Crippen LogP contribution in [0.1, 0.15) is 52.9 Å². The van der Waals surface area contributed by atoms with Gasteiger partial charge in [-0.25, -0.2) is 0 Å². The fourth-order valence-electron chi connectivity index (χ4n) is 2.80. The van der Waals surface area contributed by atoms with Gasteiger partial charge in [-0.3, -0.25) is 4.99 Å². The molecule has 0 bridgehead atoms. The summed E-state index contributed by atoms with van der Waals surface area (Å²) in [7, 11) is 1.74. The number of ether oxygens (including phenoxy) is 2. The predicted molar refractivity (Wildman–Crippen MR) is 97.1 cm³/mol. The van der Waals surface area contributed by atoms with E-state index in [1.54, 1.807) is 7.11 Å². The van der Waals surface area contributed by atoms with Crippen molar-refractivity contribution in [1.82, 2.24) is 10.2 Å². The Morgan fingerprint density at radius 2 is 1.96 bits per heavy atom. The molecule has 1 aliphatic heterocycles. The van der Waals surface area contributed by atoms with Crippen molar-refractivity contribution in [3.05, 3.63) is 0 Å². The van der Waals surface area contributed by atoms with Crippen LogP contribution in [0, 0.1) is 5.92 Å². The molecule has 0 saturated carbocycles. The lowest BCUT2D eigenvalue weighted by atomic mass is 10.1. The molecule has 0 radical (unpaired) electrons. The molecule has 0 aliphatic carbocycles. The average Bonchev–Trinajstić information content (AvgIpc) is 2.55. The van der Waals surface area contributed by atoms with Gasteiger partial charge in [-0.15, -0.1) is 0 Å². The minimum absolute atomic E-state index is 0.395. The summed E-state index contributed by atoms with van der Waals surface area (Å²) in [5.74, 6) is 1.84. The van der Waals surface area contributed by atoms with E-state index >= 15 is 0 Å². The molecule has 1 heterocycles. The van der Waals surface area contributed by atoms with Crippen LogP contribution in [0.25, 0.3) is 0 Å². The zero-order valence-corrected chi connectivity index (χ0v) is 15.6. The van der Waals surface area contributed by atoms with Crippen LogP contribution in [0.3, 0.4) is 0 Å². The smallest absolute Gasteiger partial charge is 0.193 e. The topological polar surface area (TPSA) is 46.1 Å². The summed E-state index contributed by atoms with van der Waals surface area (Å²) >= 11 is 0. The van der Waals surface area contributed by atoms with Crippen LogP contribution in [0.4, 0.5) is 0 Å². The van der Waals surface area contributed by atoms with Crippen molar-refractivity contribution in [2.75, 3.05) is 46.5 Å². The zero-order chi connectivity index (χ0) is 16.9. The lowest BCUT2D eigenvalue weighted by Gasteiger charge is -2.34. The van der Waals surface area contributed by atoms with E-state index in [9.17, 15) is 0 Å². The molecule has 0 aromatic heterocycles. The van der Waals surface area contributed by atoms with Crippen LogP contribution < -0.4 is 5.32 Å². The molecular weight excluding hydrogens is 290 g/mol. The van der Waals surface area contributed by atoms with Crippen LogP contribution in [0.5, 0.6) is 0 Å². The van der Waals surface area contributed by atoms with Crippen molar-refractivity contribution < 1.29 is 9.47 Å². The van der Waals surface area contributed by atoms with Crippen molar-refractivity contribution in [3.63, 3.8) is 0 Å². The Labute approximate surface area is 142 Å². The van der Waals surface area contributed by atoms with E-state index in [1.165, 1.54) is 12.8 Å². The van der Waals surface area contributed by atoms with Crippen LogP contribution in [-0.4, -0.2) is 63.5 Å². The molecule has 0 unspecified atom stereocenters. The number of guanidine groups is 1. The van der Waals surface area contributed by atoms with Gasteiger partial charge in [0.25, 0.3) is 0 Å². The fraction of sp³-hybridized carbons (Fsp3) is 0.944. The van der Waals surface area contributed by atoms with Crippen LogP contribution in [-0.2, 0) is 9.47 Å². The normalized spacial score (nSPS) is 17.1. The Balaban J connectivity index is 2.30. The molecule has 5 heteroatoms. The van der Waals surface area contributed by atoms with E-state index in [4.69, 9.17) is 14.5 Å². The summed E-state index contributed by atoms with van der Waals surface area (Å²) in [4.78, 5) is 7.18. The molecular formula is C18H37N3O2. The maximum absolute atomic E-state index is 5.93. The summed E-state index contributed by atoms with van der Waals surface area (Å²) in [6.07, 6.45) is 5.97. The number of methoxy groups -OCH3 is 1. The third-order valence-electron chi connectivity index (χ3n) is 4.12. The van der Waals surface area contributed by atoms with Crippen molar-refractivity contribution in [2.24, 2.45) is 10.9 Å². The first-order valence-corrected chi connectivity index (χ1v) is 9.31. The standard InChI is InChI=1S/C18H37N3O2/c1-5-19-18(20-11-6-8-16(2)3)21-12-9-17(10-13-21)23-15-7-14-22-4/h16-17H,5-15H2,1-4H3,(H,19,20). The molecule has 5 nitrogen and oxygen atoms in total. The van der Waals surface area contributed by atoms with Gasteiger partial charge in [-0.05, 0) is 44.9 Å². The largest absolute Gasteiger partial charge is 0.385 e. The summed E-state index contributed by atoms with van der Waals surface area (Å²) < 4.78 is 11.0. The summed E-state index contributed by atoms with van der Waals surface area (Å²) in [6.45, 7) is 12.2. The zero-order valence-electron chi connectivity index (χ0n) is 15.6. The minimum atomic E-state index is 0.395. The van der Waals surface area contributed by atoms with E-state index in [2.05, 4.69) is 31.0 Å². The lowest BCUT2D eigenvalue weighted by Crippen LogP contribution is -2.47. The Bertz CT molecular complexity index is 313. The average molecular weight is 328 g/mol. The first-order chi connectivity index (χ1) is 11.2. The molecule has 0 aromatic rings. The van der Waals surface area contributed by atoms with Gasteiger partial charge in [0.2, 0.25) is 0 Å². The van der Waals surface area contributed by atoms with Crippen LogP contribution >= 0.6 is 0 Å². The quantitative estimate of drug-likeness (QED) is 0.381. The molecule has 1 N–H and O–H groups in total. The first kappa shape index (κ1) is 20.2. The second-order valence-corrected chi connectivity index (χ2v) is 6.68. The molecule has 1 saturated heterocycles. The second kappa shape index (κ2) is 12.6. The van der Waals surface area contributed by atoms with Crippen molar-refractivity contribution in [1.29, 1.82) is 0 Å².